The number of hydrogen-bond donors (Lipinski definition) is 0. The highest BCUT2D eigenvalue weighted by molar-refractivity contribution is 6.61. The van der Waals surface area contributed by atoms with E-state index in [4.69, 9.17) is 11.6 Å². The van der Waals surface area contributed by atoms with Gasteiger partial charge in [0.25, 0.3) is 0 Å². The van der Waals surface area contributed by atoms with Crippen LogP contribution >= 0.6 is 11.6 Å². The molecule has 0 unspecified atom stereocenters. The Morgan fingerprint density at radius 3 is 1.93 bits per heavy atom. The smallest absolute Gasteiger partial charge is 0.454 e. The second kappa shape index (κ2) is 8.33. The first-order valence-corrected chi connectivity index (χ1v) is 7.09. The molecule has 0 saturated carbocycles. The van der Waals surface area contributed by atoms with Gasteiger partial charge in [-0.05, 0) is 31.2 Å². The van der Waals surface area contributed by atoms with Crippen LogP contribution in [0.5, 0.6) is 0 Å². The topological polar surface area (TPSA) is 83.4 Å². The number of aromatic nitrogens is 2. The summed E-state index contributed by atoms with van der Waals surface area (Å²) in [6.07, 6.45) is -9.95. The molecule has 0 saturated heterocycles. The Morgan fingerprint density at radius 2 is 1.63 bits per heavy atom. The van der Waals surface area contributed by atoms with Crippen molar-refractivity contribution in [2.45, 2.75) is 19.4 Å². The Hall–Kier alpha value is -2.70. The quantitative estimate of drug-likeness (QED) is 0.546. The molecule has 0 aliphatic carbocycles. The van der Waals surface area contributed by atoms with E-state index in [1.165, 1.54) is 0 Å². The maximum atomic E-state index is 12.4. The van der Waals surface area contributed by atoms with E-state index in [1.807, 2.05) is 0 Å². The summed E-state index contributed by atoms with van der Waals surface area (Å²) in [6.45, 7) is 2.04. The molecule has 150 valence electrons. The number of carbonyl (C=O) groups is 1. The van der Waals surface area contributed by atoms with Crippen molar-refractivity contribution >= 4 is 17.0 Å². The number of nitrogens with zero attached hydrogens (tertiary/aromatic N) is 2. The number of halogens is 7. The monoisotopic (exact) mass is 422 g/mol. The molecular formula is C13H9ClF6N2O5. The zero-order valence-electron chi connectivity index (χ0n) is 13.1. The Balaban J connectivity index is 0.000000527. The van der Waals surface area contributed by atoms with Crippen LogP contribution in [-0.4, -0.2) is 21.3 Å². The molecule has 1 aromatic heterocycles. The highest BCUT2D eigenvalue weighted by atomic mass is 35.5. The molecule has 2 rings (SSSR count). The number of benzene rings is 1. The van der Waals surface area contributed by atoms with Gasteiger partial charge in [0.2, 0.25) is 0 Å². The molecule has 0 bridgehead atoms. The van der Waals surface area contributed by atoms with Gasteiger partial charge in [-0.1, -0.05) is 0 Å². The minimum Gasteiger partial charge on any atom is -0.454 e. The van der Waals surface area contributed by atoms with Gasteiger partial charge in [0, 0.05) is 11.6 Å². The van der Waals surface area contributed by atoms with Gasteiger partial charge < -0.3 is 9.26 Å². The summed E-state index contributed by atoms with van der Waals surface area (Å²) < 4.78 is 81.3. The number of ether oxygens (including phenoxy) is 1. The second-order valence-corrected chi connectivity index (χ2v) is 4.76. The minimum absolute atomic E-state index is 0.0457. The van der Waals surface area contributed by atoms with Crippen LogP contribution in [0.2, 0.25) is 0 Å². The first-order chi connectivity index (χ1) is 12.3. The zero-order chi connectivity index (χ0) is 21.0. The van der Waals surface area contributed by atoms with E-state index in [1.54, 1.807) is 6.92 Å². The third kappa shape index (κ3) is 5.91. The van der Waals surface area contributed by atoms with Crippen molar-refractivity contribution in [3.05, 3.63) is 50.9 Å². The third-order valence-electron chi connectivity index (χ3n) is 2.66. The summed E-state index contributed by atoms with van der Waals surface area (Å²) in [5.41, 5.74) is -4.13. The zero-order valence-corrected chi connectivity index (χ0v) is 13.9. The van der Waals surface area contributed by atoms with Crippen molar-refractivity contribution in [3.8, 4) is 5.69 Å². The molecule has 0 spiro atoms. The molecule has 1 heterocycles. The molecule has 0 aliphatic rings. The van der Waals surface area contributed by atoms with Crippen LogP contribution in [-0.2, 0) is 17.2 Å². The molecule has 14 heteroatoms. The molecule has 0 atom stereocenters. The lowest BCUT2D eigenvalue weighted by Crippen LogP contribution is -2.37. The fourth-order valence-corrected chi connectivity index (χ4v) is 1.71. The highest BCUT2D eigenvalue weighted by Gasteiger charge is 2.38. The van der Waals surface area contributed by atoms with Crippen LogP contribution in [0.15, 0.2) is 38.4 Å². The molecule has 7 nitrogen and oxygen atoms in total. The maximum absolute atomic E-state index is 12.4. The summed E-state index contributed by atoms with van der Waals surface area (Å²) in [5.74, 6) is -1.99. The number of rotatable bonds is 2. The predicted octanol–water partition coefficient (Wildman–Crippen LogP) is 3.47. The van der Waals surface area contributed by atoms with E-state index in [0.717, 1.165) is 0 Å². The van der Waals surface area contributed by atoms with E-state index in [9.17, 15) is 40.7 Å². The normalized spacial score (nSPS) is 11.6. The Bertz CT molecular complexity index is 894. The van der Waals surface area contributed by atoms with Crippen molar-refractivity contribution in [1.29, 1.82) is 0 Å². The molecule has 0 N–H and O–H groups in total. The Labute approximate surface area is 150 Å². The van der Waals surface area contributed by atoms with Crippen molar-refractivity contribution in [3.63, 3.8) is 0 Å². The second-order valence-electron chi connectivity index (χ2n) is 4.45. The van der Waals surface area contributed by atoms with Gasteiger partial charge in [0.15, 0.2) is 0 Å². The van der Waals surface area contributed by atoms with Gasteiger partial charge in [-0.25, -0.2) is 14.4 Å². The van der Waals surface area contributed by atoms with Gasteiger partial charge in [-0.15, -0.1) is 22.5 Å². The number of hydrogen-bond acceptors (Lipinski definition) is 5. The molecule has 2 aromatic rings. The van der Waals surface area contributed by atoms with Crippen LogP contribution in [0.1, 0.15) is 12.5 Å². The van der Waals surface area contributed by atoms with Crippen molar-refractivity contribution in [1.82, 2.24) is 9.31 Å². The molecule has 1 aromatic carbocycles. The van der Waals surface area contributed by atoms with Crippen molar-refractivity contribution < 1.29 is 40.4 Å². The molecule has 0 radical (unpaired) electrons. The summed E-state index contributed by atoms with van der Waals surface area (Å²) in [6, 6.07) is 2.47. The third-order valence-corrected chi connectivity index (χ3v) is 2.77. The van der Waals surface area contributed by atoms with Crippen LogP contribution in [0.3, 0.4) is 0 Å². The first-order valence-electron chi connectivity index (χ1n) is 6.71. The maximum Gasteiger partial charge on any atom is 0.498 e. The lowest BCUT2D eigenvalue weighted by atomic mass is 10.2. The fraction of sp³-hybridized carbons (Fsp3) is 0.308. The van der Waals surface area contributed by atoms with Crippen LogP contribution in [0, 0.1) is 0 Å². The van der Waals surface area contributed by atoms with Crippen molar-refractivity contribution in [2.24, 2.45) is 0 Å². The van der Waals surface area contributed by atoms with E-state index in [2.05, 4.69) is 9.26 Å². The summed E-state index contributed by atoms with van der Waals surface area (Å²) >= 11 is 4.72. The van der Waals surface area contributed by atoms with Gasteiger partial charge in [0.05, 0.1) is 17.9 Å². The van der Waals surface area contributed by atoms with Crippen LogP contribution in [0.4, 0.5) is 31.1 Å². The largest absolute Gasteiger partial charge is 0.498 e. The lowest BCUT2D eigenvalue weighted by molar-refractivity contribution is -0.209. The van der Waals surface area contributed by atoms with E-state index in [0.29, 0.717) is 30.9 Å². The van der Waals surface area contributed by atoms with Crippen molar-refractivity contribution in [2.75, 3.05) is 6.61 Å². The lowest BCUT2D eigenvalue weighted by Gasteiger charge is -2.06. The average Bonchev–Trinajstić information content (AvgIpc) is 2.81. The molecule has 0 fully saturated rings. The van der Waals surface area contributed by atoms with Gasteiger partial charge >= 0.3 is 29.4 Å². The average molecular weight is 423 g/mol. The fourth-order valence-electron chi connectivity index (χ4n) is 1.60. The van der Waals surface area contributed by atoms with Crippen LogP contribution < -0.4 is 11.4 Å². The summed E-state index contributed by atoms with van der Waals surface area (Å²) in [5, 5.41) is 0. The van der Waals surface area contributed by atoms with E-state index >= 15 is 0 Å². The Kier molecular flexibility index (Phi) is 6.89. The van der Waals surface area contributed by atoms with E-state index < -0.39 is 45.2 Å². The molecule has 0 aliphatic heterocycles. The number of alkyl halides is 6. The molecular weight excluding hydrogens is 414 g/mol. The molecule has 0 amide bonds. The van der Waals surface area contributed by atoms with Gasteiger partial charge in [-0.2, -0.15) is 13.2 Å². The highest BCUT2D eigenvalue weighted by Crippen LogP contribution is 2.29. The minimum atomic E-state index is -5.30. The van der Waals surface area contributed by atoms with Gasteiger partial charge in [0.1, 0.15) is 0 Å². The predicted molar refractivity (Wildman–Crippen MR) is 77.7 cm³/mol. The molecule has 27 heavy (non-hydrogen) atoms. The number of carbonyl (C=O) groups excluding carboxylic acids is 1. The SMILES string of the molecule is CCOC(=O)Cl.O=c1on(-c2ccc(C(F)(F)F)cc2)c(=O)n1C(F)(F)F. The first kappa shape index (κ1) is 22.3. The Morgan fingerprint density at radius 1 is 1.11 bits per heavy atom. The summed E-state index contributed by atoms with van der Waals surface area (Å²) in [4.78, 5) is 32.0. The van der Waals surface area contributed by atoms with E-state index in [-0.39, 0.29) is 4.74 Å². The standard InChI is InChI=1S/C10H4F6N2O3.C3H5ClO2/c11-9(12,13)5-1-3-6(4-2-5)18-7(19)17(8(20)21-18)10(14,15)16;1-2-6-3(4)5/h1-4H;2H2,1H3. The summed E-state index contributed by atoms with van der Waals surface area (Å²) in [7, 11) is 0. The van der Waals surface area contributed by atoms with Crippen LogP contribution in [0.25, 0.3) is 5.69 Å². The van der Waals surface area contributed by atoms with Gasteiger partial charge in [-0.3, -0.25) is 0 Å².